The molecule has 0 spiro atoms. The van der Waals surface area contributed by atoms with Gasteiger partial charge in [-0.05, 0) is 48.3 Å². The van der Waals surface area contributed by atoms with E-state index in [4.69, 9.17) is 0 Å². The summed E-state index contributed by atoms with van der Waals surface area (Å²) in [5, 5.41) is 18.2. The number of hydrogen-bond acceptors (Lipinski definition) is 5. The Hall–Kier alpha value is -2.63. The molecule has 186 valence electrons. The molecule has 2 heterocycles. The minimum Gasteiger partial charge on any atom is -0.356 e. The highest BCUT2D eigenvalue weighted by Crippen LogP contribution is 2.65. The topological polar surface area (TPSA) is 131 Å². The van der Waals surface area contributed by atoms with Crippen molar-refractivity contribution in [3.05, 3.63) is 0 Å². The molecule has 2 aliphatic carbocycles. The molecule has 4 rings (SSSR count). The van der Waals surface area contributed by atoms with E-state index in [2.05, 4.69) is 35.9 Å². The van der Waals surface area contributed by atoms with Crippen LogP contribution in [0.4, 0.5) is 0 Å². The molecule has 0 bridgehead atoms. The summed E-state index contributed by atoms with van der Waals surface area (Å²) in [6, 6.07) is -0.104. The summed E-state index contributed by atoms with van der Waals surface area (Å²) in [6.45, 7) is 11.0. The van der Waals surface area contributed by atoms with Crippen LogP contribution in [0.2, 0.25) is 0 Å². The van der Waals surface area contributed by atoms with Crippen molar-refractivity contribution in [2.75, 3.05) is 13.1 Å². The predicted molar refractivity (Wildman–Crippen MR) is 124 cm³/mol. The van der Waals surface area contributed by atoms with Crippen LogP contribution in [0.15, 0.2) is 0 Å². The minimum absolute atomic E-state index is 0.00493. The largest absolute Gasteiger partial charge is 0.356 e. The zero-order valence-corrected chi connectivity index (χ0v) is 20.8. The van der Waals surface area contributed by atoms with E-state index in [0.717, 1.165) is 12.8 Å². The fourth-order valence-corrected chi connectivity index (χ4v) is 5.79. The summed E-state index contributed by atoms with van der Waals surface area (Å²) in [4.78, 5) is 53.3. The molecule has 0 aromatic heterocycles. The van der Waals surface area contributed by atoms with Crippen LogP contribution in [0.3, 0.4) is 0 Å². The van der Waals surface area contributed by atoms with Gasteiger partial charge in [-0.25, -0.2) is 0 Å². The predicted octanol–water partition coefficient (Wildman–Crippen LogP) is 0.945. The third kappa shape index (κ3) is 4.51. The van der Waals surface area contributed by atoms with E-state index < -0.39 is 23.5 Å². The smallest absolute Gasteiger partial charge is 0.246 e. The monoisotopic (exact) mass is 471 g/mol. The minimum atomic E-state index is -0.799. The zero-order chi connectivity index (χ0) is 25.0. The van der Waals surface area contributed by atoms with Crippen molar-refractivity contribution in [3.8, 4) is 6.07 Å². The lowest BCUT2D eigenvalue weighted by molar-refractivity contribution is -0.145. The number of piperidine rings is 1. The van der Waals surface area contributed by atoms with Gasteiger partial charge in [-0.1, -0.05) is 34.6 Å². The molecule has 4 amide bonds. The second-order valence-corrected chi connectivity index (χ2v) is 12.2. The van der Waals surface area contributed by atoms with Crippen molar-refractivity contribution in [1.29, 1.82) is 5.26 Å². The van der Waals surface area contributed by atoms with Gasteiger partial charge in [0.05, 0.1) is 6.07 Å². The third-order valence-corrected chi connectivity index (χ3v) is 8.26. The molecule has 3 N–H and O–H groups in total. The number of likely N-dealkylation sites (tertiary alicyclic amines) is 1. The lowest BCUT2D eigenvalue weighted by Crippen LogP contribution is -2.60. The van der Waals surface area contributed by atoms with Gasteiger partial charge in [0.15, 0.2) is 0 Å². The van der Waals surface area contributed by atoms with Crippen LogP contribution in [0, 0.1) is 45.8 Å². The second-order valence-electron chi connectivity index (χ2n) is 12.2. The number of carbonyl (C=O) groups is 4. The quantitative estimate of drug-likeness (QED) is 0.509. The molecule has 2 saturated carbocycles. The van der Waals surface area contributed by atoms with Crippen LogP contribution >= 0.6 is 0 Å². The molecule has 0 unspecified atom stereocenters. The average molecular weight is 472 g/mol. The fraction of sp³-hybridized carbons (Fsp3) is 0.800. The zero-order valence-electron chi connectivity index (χ0n) is 20.8. The molecule has 4 fully saturated rings. The van der Waals surface area contributed by atoms with Crippen molar-refractivity contribution in [2.24, 2.45) is 34.5 Å². The SMILES string of the molecule is CC(C)(C)[C@H](NC(=O)C1CC1)C(=O)N1C[C@H]2[C@@H]([C@H]1C(=O)N[C@H](C#N)C[C@@H]1CCNC1=O)C2(C)C. The molecule has 2 saturated heterocycles. The highest BCUT2D eigenvalue weighted by atomic mass is 16.2. The first-order valence-electron chi connectivity index (χ1n) is 12.4. The summed E-state index contributed by atoms with van der Waals surface area (Å²) in [7, 11) is 0. The van der Waals surface area contributed by atoms with Gasteiger partial charge in [0.25, 0.3) is 0 Å². The van der Waals surface area contributed by atoms with Crippen molar-refractivity contribution < 1.29 is 19.2 Å². The van der Waals surface area contributed by atoms with Gasteiger partial charge < -0.3 is 20.9 Å². The van der Waals surface area contributed by atoms with E-state index >= 15 is 0 Å². The lowest BCUT2D eigenvalue weighted by Gasteiger charge is -2.37. The van der Waals surface area contributed by atoms with Gasteiger partial charge >= 0.3 is 0 Å². The Morgan fingerprint density at radius 2 is 1.85 bits per heavy atom. The molecule has 34 heavy (non-hydrogen) atoms. The first-order valence-corrected chi connectivity index (χ1v) is 12.4. The molecule has 9 nitrogen and oxygen atoms in total. The molecule has 0 aromatic rings. The van der Waals surface area contributed by atoms with Crippen LogP contribution in [0.1, 0.15) is 60.3 Å². The molecule has 9 heteroatoms. The maximum atomic E-state index is 13.8. The number of hydrogen-bond donors (Lipinski definition) is 3. The standard InChI is InChI=1S/C25H37N5O4/c1-24(2,3)19(29-21(32)13-6-7-13)23(34)30-12-16-17(25(16,4)5)18(30)22(33)28-15(11-26)10-14-8-9-27-20(14)31/h13-19H,6-10,12H2,1-5H3,(H,27,31)(H,28,33)(H,29,32)/t14-,15-,16-,17-,18-,19+/m0/s1. The summed E-state index contributed by atoms with van der Waals surface area (Å²) < 4.78 is 0. The van der Waals surface area contributed by atoms with Crippen molar-refractivity contribution in [3.63, 3.8) is 0 Å². The molecule has 2 aliphatic heterocycles. The molecule has 4 aliphatic rings. The molecule has 6 atom stereocenters. The maximum Gasteiger partial charge on any atom is 0.246 e. The Morgan fingerprint density at radius 3 is 2.38 bits per heavy atom. The number of nitriles is 1. The summed E-state index contributed by atoms with van der Waals surface area (Å²) in [5.74, 6) is -0.885. The Balaban J connectivity index is 1.50. The van der Waals surface area contributed by atoms with Crippen LogP contribution in [-0.4, -0.2) is 59.7 Å². The number of nitrogens with zero attached hydrogens (tertiary/aromatic N) is 2. The molecule has 0 radical (unpaired) electrons. The first-order chi connectivity index (χ1) is 15.9. The van der Waals surface area contributed by atoms with Crippen molar-refractivity contribution >= 4 is 23.6 Å². The van der Waals surface area contributed by atoms with Crippen LogP contribution < -0.4 is 16.0 Å². The first kappa shape index (κ1) is 24.5. The highest BCUT2D eigenvalue weighted by Gasteiger charge is 2.69. The van der Waals surface area contributed by atoms with Crippen LogP contribution in [0.25, 0.3) is 0 Å². The number of rotatable bonds is 7. The summed E-state index contributed by atoms with van der Waals surface area (Å²) in [6.07, 6.45) is 2.60. The van der Waals surface area contributed by atoms with Crippen molar-refractivity contribution in [2.45, 2.75) is 78.4 Å². The van der Waals surface area contributed by atoms with Gasteiger partial charge in [0, 0.05) is 24.9 Å². The molecular weight excluding hydrogens is 434 g/mol. The second kappa shape index (κ2) is 8.54. The fourth-order valence-electron chi connectivity index (χ4n) is 5.79. The van der Waals surface area contributed by atoms with E-state index in [1.807, 2.05) is 20.8 Å². The Labute approximate surface area is 201 Å². The number of nitrogens with one attached hydrogen (secondary N) is 3. The van der Waals surface area contributed by atoms with Gasteiger partial charge in [0.1, 0.15) is 18.1 Å². The van der Waals surface area contributed by atoms with Gasteiger partial charge in [-0.3, -0.25) is 19.2 Å². The van der Waals surface area contributed by atoms with Gasteiger partial charge in [-0.2, -0.15) is 5.26 Å². The van der Waals surface area contributed by atoms with Crippen LogP contribution in [-0.2, 0) is 19.2 Å². The van der Waals surface area contributed by atoms with Gasteiger partial charge in [-0.15, -0.1) is 0 Å². The number of fused-ring (bicyclic) bond motifs is 1. The Kier molecular flexibility index (Phi) is 6.16. The highest BCUT2D eigenvalue weighted by molar-refractivity contribution is 5.94. The van der Waals surface area contributed by atoms with E-state index in [1.54, 1.807) is 4.90 Å². The van der Waals surface area contributed by atoms with Gasteiger partial charge in [0.2, 0.25) is 23.6 Å². The van der Waals surface area contributed by atoms with E-state index in [9.17, 15) is 24.4 Å². The van der Waals surface area contributed by atoms with E-state index in [-0.39, 0.29) is 59.1 Å². The summed E-state index contributed by atoms with van der Waals surface area (Å²) in [5.41, 5.74) is -0.587. The van der Waals surface area contributed by atoms with Crippen molar-refractivity contribution in [1.82, 2.24) is 20.9 Å². The lowest BCUT2D eigenvalue weighted by atomic mass is 9.85. The van der Waals surface area contributed by atoms with E-state index in [0.29, 0.717) is 19.5 Å². The third-order valence-electron chi connectivity index (χ3n) is 8.26. The Morgan fingerprint density at radius 1 is 1.18 bits per heavy atom. The molecular formula is C25H37N5O4. The summed E-state index contributed by atoms with van der Waals surface area (Å²) >= 11 is 0. The average Bonchev–Trinajstić information content (AvgIpc) is 3.57. The van der Waals surface area contributed by atoms with Crippen LogP contribution in [0.5, 0.6) is 0 Å². The Bertz CT molecular complexity index is 929. The molecule has 0 aromatic carbocycles. The number of amides is 4. The maximum absolute atomic E-state index is 13.8. The normalized spacial score (nSPS) is 31.1. The van der Waals surface area contributed by atoms with E-state index in [1.165, 1.54) is 0 Å². The number of carbonyl (C=O) groups excluding carboxylic acids is 4.